The molecule has 0 heterocycles. The van der Waals surface area contributed by atoms with Crippen molar-refractivity contribution in [2.75, 3.05) is 36.0 Å². The van der Waals surface area contributed by atoms with Crippen molar-refractivity contribution in [3.8, 4) is 0 Å². The minimum Gasteiger partial charge on any atom is -0.377 e. The van der Waals surface area contributed by atoms with Crippen molar-refractivity contribution >= 4 is 27.3 Å². The molecule has 1 N–H and O–H groups in total. The van der Waals surface area contributed by atoms with E-state index in [0.717, 1.165) is 11.3 Å². The number of carbonyl (C=O) groups excluding carboxylic acids is 1. The van der Waals surface area contributed by atoms with E-state index in [4.69, 9.17) is 0 Å². The Bertz CT molecular complexity index is 1010. The number of halogens is 1. The molecule has 0 fully saturated rings. The normalized spacial score (nSPS) is 11.5. The molecule has 2 aromatic carbocycles. The highest BCUT2D eigenvalue weighted by atomic mass is 32.2. The number of sulfonamides is 1. The minimum absolute atomic E-state index is 0.0370. The summed E-state index contributed by atoms with van der Waals surface area (Å²) < 4.78 is 40.7. The fourth-order valence-electron chi connectivity index (χ4n) is 3.38. The van der Waals surface area contributed by atoms with Crippen molar-refractivity contribution < 1.29 is 17.6 Å². The molecule has 170 valence electrons. The van der Waals surface area contributed by atoms with Gasteiger partial charge in [0.25, 0.3) is 5.91 Å². The maximum atomic E-state index is 13.7. The molecule has 0 radical (unpaired) electrons. The highest BCUT2D eigenvalue weighted by molar-refractivity contribution is 7.92. The lowest BCUT2D eigenvalue weighted by atomic mass is 10.1. The molecule has 8 heteroatoms. The lowest BCUT2D eigenvalue weighted by Crippen LogP contribution is -2.34. The molecule has 1 amide bonds. The van der Waals surface area contributed by atoms with Crippen LogP contribution in [0.5, 0.6) is 0 Å². The Morgan fingerprint density at radius 1 is 1.13 bits per heavy atom. The number of nitrogens with zero attached hydrogens (tertiary/aromatic N) is 2. The van der Waals surface area contributed by atoms with Gasteiger partial charge < -0.3 is 9.80 Å². The Balaban J connectivity index is 2.41. The van der Waals surface area contributed by atoms with Gasteiger partial charge in [-0.1, -0.05) is 26.8 Å². The van der Waals surface area contributed by atoms with E-state index >= 15 is 0 Å². The van der Waals surface area contributed by atoms with Crippen molar-refractivity contribution in [2.24, 2.45) is 5.92 Å². The molecular weight excluding hydrogens is 417 g/mol. The monoisotopic (exact) mass is 449 g/mol. The first-order valence-electron chi connectivity index (χ1n) is 10.4. The summed E-state index contributed by atoms with van der Waals surface area (Å²) in [6.45, 7) is 6.57. The summed E-state index contributed by atoms with van der Waals surface area (Å²) in [5.74, 6) is -0.493. The van der Waals surface area contributed by atoms with E-state index < -0.39 is 15.8 Å². The van der Waals surface area contributed by atoms with Crippen LogP contribution in [0.2, 0.25) is 0 Å². The number of benzene rings is 2. The molecule has 0 spiro atoms. The van der Waals surface area contributed by atoms with Crippen LogP contribution in [0.1, 0.15) is 43.1 Å². The summed E-state index contributed by atoms with van der Waals surface area (Å²) >= 11 is 0. The molecule has 0 aliphatic carbocycles. The van der Waals surface area contributed by atoms with Crippen LogP contribution >= 0.6 is 0 Å². The topological polar surface area (TPSA) is 69.7 Å². The van der Waals surface area contributed by atoms with E-state index in [1.165, 1.54) is 18.2 Å². The predicted octanol–water partition coefficient (Wildman–Crippen LogP) is 4.34. The van der Waals surface area contributed by atoms with Gasteiger partial charge in [-0.3, -0.25) is 9.52 Å². The second kappa shape index (κ2) is 10.6. The van der Waals surface area contributed by atoms with Gasteiger partial charge in [0.15, 0.2) is 0 Å². The van der Waals surface area contributed by atoms with Gasteiger partial charge in [0, 0.05) is 44.1 Å². The number of amides is 1. The summed E-state index contributed by atoms with van der Waals surface area (Å²) in [7, 11) is 0.348. The smallest absolute Gasteiger partial charge is 0.254 e. The lowest BCUT2D eigenvalue weighted by molar-refractivity contribution is 0.0722. The fraction of sp³-hybridized carbons (Fsp3) is 0.435. The predicted molar refractivity (Wildman–Crippen MR) is 124 cm³/mol. The molecule has 0 saturated heterocycles. The summed E-state index contributed by atoms with van der Waals surface area (Å²) in [6.07, 6.45) is 0.516. The Kier molecular flexibility index (Phi) is 8.44. The number of carbonyl (C=O) groups is 1. The molecule has 0 bridgehead atoms. The third-order valence-electron chi connectivity index (χ3n) is 4.61. The van der Waals surface area contributed by atoms with Crippen LogP contribution < -0.4 is 9.62 Å². The molecule has 0 aliphatic rings. The van der Waals surface area contributed by atoms with Crippen molar-refractivity contribution in [1.29, 1.82) is 0 Å². The van der Waals surface area contributed by atoms with E-state index in [9.17, 15) is 17.6 Å². The second-order valence-electron chi connectivity index (χ2n) is 8.25. The highest BCUT2D eigenvalue weighted by Crippen LogP contribution is 2.26. The maximum Gasteiger partial charge on any atom is 0.254 e. The first-order valence-corrected chi connectivity index (χ1v) is 12.0. The average molecular weight is 450 g/mol. The van der Waals surface area contributed by atoms with E-state index in [1.54, 1.807) is 23.1 Å². The van der Waals surface area contributed by atoms with Crippen LogP contribution in [0.25, 0.3) is 0 Å². The number of hydrogen-bond acceptors (Lipinski definition) is 4. The zero-order chi connectivity index (χ0) is 23.2. The minimum atomic E-state index is -3.43. The van der Waals surface area contributed by atoms with Gasteiger partial charge in [0.2, 0.25) is 10.0 Å². The number of hydrogen-bond donors (Lipinski definition) is 1. The van der Waals surface area contributed by atoms with Gasteiger partial charge in [-0.05, 0) is 54.3 Å². The molecule has 0 aliphatic heterocycles. The largest absolute Gasteiger partial charge is 0.377 e. The Morgan fingerprint density at radius 3 is 2.42 bits per heavy atom. The van der Waals surface area contributed by atoms with Crippen LogP contribution in [0.3, 0.4) is 0 Å². The third kappa shape index (κ3) is 7.24. The molecular formula is C23H32FN3O3S. The number of rotatable bonds is 10. The maximum absolute atomic E-state index is 13.7. The van der Waals surface area contributed by atoms with Crippen LogP contribution in [-0.4, -0.2) is 45.6 Å². The van der Waals surface area contributed by atoms with Crippen molar-refractivity contribution in [1.82, 2.24) is 4.90 Å². The standard InChI is InChI=1S/C23H32FN3O3S/c1-6-12-31(29,30)25-21-10-11-22(26(4)5)19(14-21)16-27(15-17(2)3)23(28)18-8-7-9-20(24)13-18/h7-11,13-14,17,25H,6,12,15-16H2,1-5H3. The molecule has 2 rings (SSSR count). The van der Waals surface area contributed by atoms with Crippen molar-refractivity contribution in [3.05, 3.63) is 59.4 Å². The first-order chi connectivity index (χ1) is 14.5. The fourth-order valence-corrected chi connectivity index (χ4v) is 4.51. The third-order valence-corrected chi connectivity index (χ3v) is 6.11. The summed E-state index contributed by atoms with van der Waals surface area (Å²) in [5.41, 5.74) is 2.41. The van der Waals surface area contributed by atoms with Gasteiger partial charge in [-0.2, -0.15) is 0 Å². The van der Waals surface area contributed by atoms with Gasteiger partial charge in [0.05, 0.1) is 5.75 Å². The van der Waals surface area contributed by atoms with E-state index in [1.807, 2.05) is 45.8 Å². The number of anilines is 2. The zero-order valence-corrected chi connectivity index (χ0v) is 19.7. The summed E-state index contributed by atoms with van der Waals surface area (Å²) in [4.78, 5) is 16.7. The van der Waals surface area contributed by atoms with Crippen LogP contribution in [0.4, 0.5) is 15.8 Å². The van der Waals surface area contributed by atoms with Crippen molar-refractivity contribution in [2.45, 2.75) is 33.7 Å². The van der Waals surface area contributed by atoms with Gasteiger partial charge >= 0.3 is 0 Å². The first kappa shape index (κ1) is 24.7. The Labute approximate surface area is 185 Å². The second-order valence-corrected chi connectivity index (χ2v) is 10.1. The molecule has 6 nitrogen and oxygen atoms in total. The molecule has 31 heavy (non-hydrogen) atoms. The van der Waals surface area contributed by atoms with E-state index in [0.29, 0.717) is 18.7 Å². The van der Waals surface area contributed by atoms with Gasteiger partial charge in [-0.25, -0.2) is 12.8 Å². The van der Waals surface area contributed by atoms with Crippen LogP contribution in [0.15, 0.2) is 42.5 Å². The summed E-state index contributed by atoms with van der Waals surface area (Å²) in [6, 6.07) is 11.0. The number of nitrogens with one attached hydrogen (secondary N) is 1. The Morgan fingerprint density at radius 2 is 1.84 bits per heavy atom. The Hall–Kier alpha value is -2.61. The molecule has 0 aromatic heterocycles. The quantitative estimate of drug-likeness (QED) is 0.586. The lowest BCUT2D eigenvalue weighted by Gasteiger charge is -2.28. The highest BCUT2D eigenvalue weighted by Gasteiger charge is 2.20. The SMILES string of the molecule is CCCS(=O)(=O)Nc1ccc(N(C)C)c(CN(CC(C)C)C(=O)c2cccc(F)c2)c1. The van der Waals surface area contributed by atoms with E-state index in [-0.39, 0.29) is 29.7 Å². The van der Waals surface area contributed by atoms with Crippen LogP contribution in [0, 0.1) is 11.7 Å². The van der Waals surface area contributed by atoms with E-state index in [2.05, 4.69) is 4.72 Å². The van der Waals surface area contributed by atoms with Crippen molar-refractivity contribution in [3.63, 3.8) is 0 Å². The molecule has 0 atom stereocenters. The summed E-state index contributed by atoms with van der Waals surface area (Å²) in [5, 5.41) is 0. The van der Waals surface area contributed by atoms with Gasteiger partial charge in [-0.15, -0.1) is 0 Å². The van der Waals surface area contributed by atoms with Crippen LogP contribution in [-0.2, 0) is 16.6 Å². The molecule has 2 aromatic rings. The zero-order valence-electron chi connectivity index (χ0n) is 18.9. The molecule has 0 saturated carbocycles. The molecule has 0 unspecified atom stereocenters. The van der Waals surface area contributed by atoms with Gasteiger partial charge in [0.1, 0.15) is 5.82 Å². The average Bonchev–Trinajstić information content (AvgIpc) is 2.66.